The highest BCUT2D eigenvalue weighted by Crippen LogP contribution is 2.14. The Morgan fingerprint density at radius 3 is 2.48 bits per heavy atom. The molecular formula is C16H21N3O4. The molecule has 4 amide bonds. The number of imide groups is 1. The Hall–Kier alpha value is -2.57. The van der Waals surface area contributed by atoms with Gasteiger partial charge in [-0.25, -0.2) is 4.79 Å². The van der Waals surface area contributed by atoms with Gasteiger partial charge in [0.25, 0.3) is 5.91 Å². The van der Waals surface area contributed by atoms with Crippen LogP contribution in [0.15, 0.2) is 24.3 Å². The molecule has 7 heteroatoms. The molecule has 1 heterocycles. The average molecular weight is 319 g/mol. The Morgan fingerprint density at radius 2 is 1.96 bits per heavy atom. The third-order valence-electron chi connectivity index (χ3n) is 3.62. The van der Waals surface area contributed by atoms with E-state index < -0.39 is 18.0 Å². The maximum Gasteiger partial charge on any atom is 0.322 e. The zero-order valence-corrected chi connectivity index (χ0v) is 13.3. The highest BCUT2D eigenvalue weighted by molar-refractivity contribution is 6.05. The topological polar surface area (TPSA) is 87.7 Å². The number of carbonyl (C=O) groups is 3. The number of rotatable bonds is 7. The second kappa shape index (κ2) is 7.62. The van der Waals surface area contributed by atoms with Crippen LogP contribution >= 0.6 is 0 Å². The zero-order valence-electron chi connectivity index (χ0n) is 13.3. The number of carbonyl (C=O) groups excluding carboxylic acids is 3. The van der Waals surface area contributed by atoms with Crippen LogP contribution in [0, 0.1) is 0 Å². The molecule has 1 aliphatic heterocycles. The smallest absolute Gasteiger partial charge is 0.322 e. The summed E-state index contributed by atoms with van der Waals surface area (Å²) in [5.41, 5.74) is 0.979. The van der Waals surface area contributed by atoms with Gasteiger partial charge in [0.15, 0.2) is 0 Å². The molecule has 2 rings (SSSR count). The molecule has 1 fully saturated rings. The van der Waals surface area contributed by atoms with E-state index in [1.54, 1.807) is 12.0 Å². The summed E-state index contributed by atoms with van der Waals surface area (Å²) in [5.74, 6) is 0.140. The molecular weight excluding hydrogens is 298 g/mol. The van der Waals surface area contributed by atoms with Gasteiger partial charge < -0.3 is 15.0 Å². The standard InChI is InChI=1S/C16H21N3O4/c1-3-8-19(10-11-4-6-12(23-2)7-5-11)14(20)9-13-15(21)18-16(22)17-13/h4-7,13H,3,8-10H2,1-2H3,(H2,17,18,21,22). The maximum atomic E-state index is 12.4. The van der Waals surface area contributed by atoms with E-state index in [9.17, 15) is 14.4 Å². The van der Waals surface area contributed by atoms with Gasteiger partial charge in [0.1, 0.15) is 11.8 Å². The summed E-state index contributed by atoms with van der Waals surface area (Å²) >= 11 is 0. The monoisotopic (exact) mass is 319 g/mol. The molecule has 1 aromatic rings. The first-order valence-electron chi connectivity index (χ1n) is 7.55. The van der Waals surface area contributed by atoms with Gasteiger partial charge in [-0.3, -0.25) is 14.9 Å². The van der Waals surface area contributed by atoms with Crippen molar-refractivity contribution in [1.29, 1.82) is 0 Å². The van der Waals surface area contributed by atoms with E-state index in [0.29, 0.717) is 13.1 Å². The van der Waals surface area contributed by atoms with E-state index in [1.807, 2.05) is 31.2 Å². The summed E-state index contributed by atoms with van der Waals surface area (Å²) in [6.45, 7) is 3.03. The summed E-state index contributed by atoms with van der Waals surface area (Å²) in [4.78, 5) is 36.8. The molecule has 0 spiro atoms. The van der Waals surface area contributed by atoms with Gasteiger partial charge in [-0.15, -0.1) is 0 Å². The van der Waals surface area contributed by atoms with Gasteiger partial charge in [0, 0.05) is 13.1 Å². The first-order chi connectivity index (χ1) is 11.0. The summed E-state index contributed by atoms with van der Waals surface area (Å²) in [7, 11) is 1.60. The molecule has 0 radical (unpaired) electrons. The van der Waals surface area contributed by atoms with Gasteiger partial charge in [-0.2, -0.15) is 0 Å². The van der Waals surface area contributed by atoms with Crippen molar-refractivity contribution in [2.45, 2.75) is 32.4 Å². The van der Waals surface area contributed by atoms with Gasteiger partial charge >= 0.3 is 6.03 Å². The van der Waals surface area contributed by atoms with Crippen molar-refractivity contribution in [1.82, 2.24) is 15.5 Å². The lowest BCUT2D eigenvalue weighted by Crippen LogP contribution is -2.39. The Labute approximate surface area is 135 Å². The average Bonchev–Trinajstić information content (AvgIpc) is 2.85. The third kappa shape index (κ3) is 4.45. The van der Waals surface area contributed by atoms with Crippen molar-refractivity contribution in [3.63, 3.8) is 0 Å². The van der Waals surface area contributed by atoms with Crippen molar-refractivity contribution in [3.05, 3.63) is 29.8 Å². The van der Waals surface area contributed by atoms with Gasteiger partial charge in [0.05, 0.1) is 13.5 Å². The number of benzene rings is 1. The van der Waals surface area contributed by atoms with E-state index in [1.165, 1.54) is 0 Å². The van der Waals surface area contributed by atoms with Gasteiger partial charge in [0.2, 0.25) is 5.91 Å². The van der Waals surface area contributed by atoms with Crippen molar-refractivity contribution in [2.24, 2.45) is 0 Å². The first kappa shape index (κ1) is 16.8. The van der Waals surface area contributed by atoms with Gasteiger partial charge in [-0.05, 0) is 24.1 Å². The minimum absolute atomic E-state index is 0.0340. The lowest BCUT2D eigenvalue weighted by molar-refractivity contribution is -0.134. The number of urea groups is 1. The van der Waals surface area contributed by atoms with Crippen LogP contribution in [0.5, 0.6) is 5.75 Å². The molecule has 2 N–H and O–H groups in total. The van der Waals surface area contributed by atoms with E-state index in [-0.39, 0.29) is 12.3 Å². The normalized spacial score (nSPS) is 16.7. The molecule has 0 bridgehead atoms. The summed E-state index contributed by atoms with van der Waals surface area (Å²) in [5, 5.41) is 4.58. The van der Waals surface area contributed by atoms with Crippen LogP contribution in [0.3, 0.4) is 0 Å². The quantitative estimate of drug-likeness (QED) is 0.735. The summed E-state index contributed by atoms with van der Waals surface area (Å²) in [6.07, 6.45) is 0.777. The third-order valence-corrected chi connectivity index (χ3v) is 3.62. The van der Waals surface area contributed by atoms with E-state index >= 15 is 0 Å². The van der Waals surface area contributed by atoms with E-state index in [4.69, 9.17) is 4.74 Å². The van der Waals surface area contributed by atoms with E-state index in [0.717, 1.165) is 17.7 Å². The number of nitrogens with one attached hydrogen (secondary N) is 2. The molecule has 0 saturated carbocycles. The lowest BCUT2D eigenvalue weighted by atomic mass is 10.1. The van der Waals surface area contributed by atoms with Crippen molar-refractivity contribution in [2.75, 3.05) is 13.7 Å². The van der Waals surface area contributed by atoms with Crippen LogP contribution < -0.4 is 15.4 Å². The Kier molecular flexibility index (Phi) is 5.56. The first-order valence-corrected chi connectivity index (χ1v) is 7.55. The molecule has 0 aromatic heterocycles. The molecule has 0 aliphatic carbocycles. The van der Waals surface area contributed by atoms with Crippen LogP contribution in [-0.2, 0) is 16.1 Å². The van der Waals surface area contributed by atoms with Crippen LogP contribution in [0.4, 0.5) is 4.79 Å². The minimum Gasteiger partial charge on any atom is -0.497 e. The summed E-state index contributed by atoms with van der Waals surface area (Å²) < 4.78 is 5.11. The molecule has 23 heavy (non-hydrogen) atoms. The molecule has 7 nitrogen and oxygen atoms in total. The zero-order chi connectivity index (χ0) is 16.8. The Balaban J connectivity index is 2.00. The fourth-order valence-electron chi connectivity index (χ4n) is 2.42. The molecule has 1 aromatic carbocycles. The minimum atomic E-state index is -0.787. The maximum absolute atomic E-state index is 12.4. The highest BCUT2D eigenvalue weighted by atomic mass is 16.5. The number of ether oxygens (including phenoxy) is 1. The lowest BCUT2D eigenvalue weighted by Gasteiger charge is -2.23. The summed E-state index contributed by atoms with van der Waals surface area (Å²) in [6, 6.07) is 6.15. The second-order valence-electron chi connectivity index (χ2n) is 5.38. The molecule has 1 aliphatic rings. The Bertz CT molecular complexity index is 585. The van der Waals surface area contributed by atoms with Crippen LogP contribution in [0.25, 0.3) is 0 Å². The van der Waals surface area contributed by atoms with Gasteiger partial charge in [-0.1, -0.05) is 19.1 Å². The van der Waals surface area contributed by atoms with Crippen LogP contribution in [0.2, 0.25) is 0 Å². The van der Waals surface area contributed by atoms with Crippen LogP contribution in [-0.4, -0.2) is 42.4 Å². The molecule has 1 saturated heterocycles. The number of hydrogen-bond donors (Lipinski definition) is 2. The van der Waals surface area contributed by atoms with Crippen LogP contribution in [0.1, 0.15) is 25.3 Å². The molecule has 1 unspecified atom stereocenters. The fourth-order valence-corrected chi connectivity index (χ4v) is 2.42. The predicted octanol–water partition coefficient (Wildman–Crippen LogP) is 1.03. The largest absolute Gasteiger partial charge is 0.497 e. The number of hydrogen-bond acceptors (Lipinski definition) is 4. The second-order valence-corrected chi connectivity index (χ2v) is 5.38. The number of nitrogens with zero attached hydrogens (tertiary/aromatic N) is 1. The molecule has 1 atom stereocenters. The SMILES string of the molecule is CCCN(Cc1ccc(OC)cc1)C(=O)CC1NC(=O)NC1=O. The van der Waals surface area contributed by atoms with Crippen molar-refractivity contribution >= 4 is 17.8 Å². The number of amides is 4. The highest BCUT2D eigenvalue weighted by Gasteiger charge is 2.32. The Morgan fingerprint density at radius 1 is 1.26 bits per heavy atom. The van der Waals surface area contributed by atoms with E-state index in [2.05, 4.69) is 10.6 Å². The van der Waals surface area contributed by atoms with Crippen molar-refractivity contribution in [3.8, 4) is 5.75 Å². The predicted molar refractivity (Wildman–Crippen MR) is 83.8 cm³/mol. The van der Waals surface area contributed by atoms with Crippen molar-refractivity contribution < 1.29 is 19.1 Å². The number of methoxy groups -OCH3 is 1. The fraction of sp³-hybridized carbons (Fsp3) is 0.438. The molecule has 124 valence electrons.